The second kappa shape index (κ2) is 6.01. The van der Waals surface area contributed by atoms with Crippen LogP contribution in [-0.4, -0.2) is 28.6 Å². The minimum absolute atomic E-state index is 0.0162. The lowest BCUT2D eigenvalue weighted by Gasteiger charge is -2.28. The van der Waals surface area contributed by atoms with Gasteiger partial charge < -0.3 is 10.0 Å². The van der Waals surface area contributed by atoms with Gasteiger partial charge in [0, 0.05) is 12.2 Å². The fraction of sp³-hybridized carbons (Fsp3) is 0.462. The molecule has 0 spiro atoms. The van der Waals surface area contributed by atoms with Crippen LogP contribution < -0.4 is 4.90 Å². The Hall–Kier alpha value is -2.09. The molecule has 0 aliphatic carbocycles. The average molecular weight is 247 g/mol. The SMILES string of the molecule is CCC(C)N(CC(=O)O)c1nccc(C)c1C#N. The van der Waals surface area contributed by atoms with Gasteiger partial charge in [0.2, 0.25) is 0 Å². The van der Waals surface area contributed by atoms with E-state index in [0.29, 0.717) is 11.4 Å². The predicted octanol–water partition coefficient (Wildman–Crippen LogP) is 1.95. The second-order valence-electron chi connectivity index (χ2n) is 4.22. The van der Waals surface area contributed by atoms with Gasteiger partial charge in [0.1, 0.15) is 18.4 Å². The number of hydrogen-bond donors (Lipinski definition) is 1. The van der Waals surface area contributed by atoms with Crippen molar-refractivity contribution in [1.82, 2.24) is 4.98 Å². The first-order chi connectivity index (χ1) is 8.51. The van der Waals surface area contributed by atoms with Gasteiger partial charge in [-0.15, -0.1) is 0 Å². The molecule has 0 radical (unpaired) electrons. The molecule has 0 aromatic carbocycles. The molecular formula is C13H17N3O2. The third kappa shape index (κ3) is 2.98. The quantitative estimate of drug-likeness (QED) is 0.860. The summed E-state index contributed by atoms with van der Waals surface area (Å²) < 4.78 is 0. The van der Waals surface area contributed by atoms with E-state index in [-0.39, 0.29) is 12.6 Å². The summed E-state index contributed by atoms with van der Waals surface area (Å²) in [4.78, 5) is 16.8. The average Bonchev–Trinajstić information content (AvgIpc) is 2.34. The van der Waals surface area contributed by atoms with Crippen LogP contribution in [0.1, 0.15) is 31.4 Å². The zero-order valence-electron chi connectivity index (χ0n) is 10.8. The van der Waals surface area contributed by atoms with Crippen molar-refractivity contribution in [3.63, 3.8) is 0 Å². The van der Waals surface area contributed by atoms with Gasteiger partial charge in [0.05, 0.1) is 5.56 Å². The number of anilines is 1. The minimum atomic E-state index is -0.928. The van der Waals surface area contributed by atoms with Gasteiger partial charge in [0.25, 0.3) is 0 Å². The lowest BCUT2D eigenvalue weighted by molar-refractivity contribution is -0.135. The summed E-state index contributed by atoms with van der Waals surface area (Å²) in [5.41, 5.74) is 1.25. The number of pyridine rings is 1. The number of carbonyl (C=O) groups is 1. The number of aryl methyl sites for hydroxylation is 1. The van der Waals surface area contributed by atoms with E-state index in [1.807, 2.05) is 20.8 Å². The number of carboxylic acid groups (broad SMARTS) is 1. The van der Waals surface area contributed by atoms with E-state index in [1.54, 1.807) is 17.2 Å². The van der Waals surface area contributed by atoms with Crippen molar-refractivity contribution >= 4 is 11.8 Å². The summed E-state index contributed by atoms with van der Waals surface area (Å²) in [5.74, 6) is -0.475. The normalized spacial score (nSPS) is 11.7. The maximum Gasteiger partial charge on any atom is 0.323 e. The largest absolute Gasteiger partial charge is 0.480 e. The highest BCUT2D eigenvalue weighted by molar-refractivity contribution is 5.74. The molecule has 1 aromatic heterocycles. The first-order valence-electron chi connectivity index (χ1n) is 5.85. The van der Waals surface area contributed by atoms with E-state index in [2.05, 4.69) is 11.1 Å². The van der Waals surface area contributed by atoms with Gasteiger partial charge in [-0.05, 0) is 31.9 Å². The molecule has 5 nitrogen and oxygen atoms in total. The number of carboxylic acids is 1. The summed E-state index contributed by atoms with van der Waals surface area (Å²) in [6.45, 7) is 5.56. The van der Waals surface area contributed by atoms with Crippen LogP contribution in [0.4, 0.5) is 5.82 Å². The monoisotopic (exact) mass is 247 g/mol. The molecule has 0 fully saturated rings. The Labute approximate surface area is 107 Å². The van der Waals surface area contributed by atoms with Crippen LogP contribution in [0.25, 0.3) is 0 Å². The lowest BCUT2D eigenvalue weighted by atomic mass is 10.1. The maximum absolute atomic E-state index is 10.9. The van der Waals surface area contributed by atoms with Crippen molar-refractivity contribution in [3.8, 4) is 6.07 Å². The van der Waals surface area contributed by atoms with Gasteiger partial charge in [0.15, 0.2) is 0 Å². The van der Waals surface area contributed by atoms with E-state index in [9.17, 15) is 10.1 Å². The standard InChI is InChI=1S/C13H17N3O2/c1-4-10(3)16(8-12(17)18)13-11(7-14)9(2)5-6-15-13/h5-6,10H,4,8H2,1-3H3,(H,17,18). The third-order valence-corrected chi connectivity index (χ3v) is 2.95. The summed E-state index contributed by atoms with van der Waals surface area (Å²) in [5, 5.41) is 18.1. The van der Waals surface area contributed by atoms with Gasteiger partial charge >= 0.3 is 5.97 Å². The summed E-state index contributed by atoms with van der Waals surface area (Å²) in [6, 6.07) is 3.86. The van der Waals surface area contributed by atoms with Crippen molar-refractivity contribution in [2.45, 2.75) is 33.2 Å². The Bertz CT molecular complexity index is 480. The van der Waals surface area contributed by atoms with Crippen LogP contribution in [-0.2, 0) is 4.79 Å². The molecule has 1 aromatic rings. The highest BCUT2D eigenvalue weighted by Gasteiger charge is 2.21. The molecule has 0 aliphatic heterocycles. The van der Waals surface area contributed by atoms with E-state index in [0.717, 1.165) is 12.0 Å². The Balaban J connectivity index is 3.25. The number of nitrogens with zero attached hydrogens (tertiary/aromatic N) is 3. The molecule has 0 aliphatic rings. The van der Waals surface area contributed by atoms with Crippen molar-refractivity contribution in [2.24, 2.45) is 0 Å². The first kappa shape index (κ1) is 14.0. The minimum Gasteiger partial charge on any atom is -0.480 e. The molecule has 0 saturated heterocycles. The fourth-order valence-corrected chi connectivity index (χ4v) is 1.71. The molecule has 1 rings (SSSR count). The number of rotatable bonds is 5. The highest BCUT2D eigenvalue weighted by Crippen LogP contribution is 2.22. The highest BCUT2D eigenvalue weighted by atomic mass is 16.4. The second-order valence-corrected chi connectivity index (χ2v) is 4.22. The number of nitriles is 1. The topological polar surface area (TPSA) is 77.2 Å². The molecule has 1 N–H and O–H groups in total. The van der Waals surface area contributed by atoms with Crippen LogP contribution in [0, 0.1) is 18.3 Å². The fourth-order valence-electron chi connectivity index (χ4n) is 1.71. The van der Waals surface area contributed by atoms with Gasteiger partial charge in [-0.3, -0.25) is 4.79 Å². The molecular weight excluding hydrogens is 230 g/mol. The number of hydrogen-bond acceptors (Lipinski definition) is 4. The first-order valence-corrected chi connectivity index (χ1v) is 5.85. The van der Waals surface area contributed by atoms with Crippen molar-refractivity contribution in [1.29, 1.82) is 5.26 Å². The van der Waals surface area contributed by atoms with E-state index >= 15 is 0 Å². The zero-order valence-corrected chi connectivity index (χ0v) is 10.8. The molecule has 0 bridgehead atoms. The Kier molecular flexibility index (Phi) is 4.67. The van der Waals surface area contributed by atoms with Crippen molar-refractivity contribution in [3.05, 3.63) is 23.4 Å². The molecule has 0 saturated carbocycles. The summed E-state index contributed by atoms with van der Waals surface area (Å²) >= 11 is 0. The van der Waals surface area contributed by atoms with E-state index < -0.39 is 5.97 Å². The molecule has 1 unspecified atom stereocenters. The van der Waals surface area contributed by atoms with E-state index in [4.69, 9.17) is 5.11 Å². The van der Waals surface area contributed by atoms with Crippen LogP contribution >= 0.6 is 0 Å². The smallest absolute Gasteiger partial charge is 0.323 e. The molecule has 18 heavy (non-hydrogen) atoms. The van der Waals surface area contributed by atoms with Gasteiger partial charge in [-0.1, -0.05) is 6.92 Å². The Morgan fingerprint density at radius 1 is 1.67 bits per heavy atom. The van der Waals surface area contributed by atoms with Crippen LogP contribution in [0.5, 0.6) is 0 Å². The number of aromatic nitrogens is 1. The van der Waals surface area contributed by atoms with E-state index in [1.165, 1.54) is 0 Å². The van der Waals surface area contributed by atoms with Crippen LogP contribution in [0.15, 0.2) is 12.3 Å². The predicted molar refractivity (Wildman–Crippen MR) is 68.4 cm³/mol. The molecule has 1 heterocycles. The van der Waals surface area contributed by atoms with Crippen molar-refractivity contribution < 1.29 is 9.90 Å². The molecule has 5 heteroatoms. The van der Waals surface area contributed by atoms with Crippen LogP contribution in [0.3, 0.4) is 0 Å². The van der Waals surface area contributed by atoms with Gasteiger partial charge in [-0.2, -0.15) is 5.26 Å². The maximum atomic E-state index is 10.9. The van der Waals surface area contributed by atoms with Crippen molar-refractivity contribution in [2.75, 3.05) is 11.4 Å². The number of aliphatic carboxylic acids is 1. The molecule has 1 atom stereocenters. The lowest BCUT2D eigenvalue weighted by Crippen LogP contribution is -2.38. The summed E-state index contributed by atoms with van der Waals surface area (Å²) in [6.07, 6.45) is 2.39. The Morgan fingerprint density at radius 2 is 2.33 bits per heavy atom. The van der Waals surface area contributed by atoms with Crippen LogP contribution in [0.2, 0.25) is 0 Å². The zero-order chi connectivity index (χ0) is 13.7. The third-order valence-electron chi connectivity index (χ3n) is 2.95. The van der Waals surface area contributed by atoms with Gasteiger partial charge in [-0.25, -0.2) is 4.98 Å². The Morgan fingerprint density at radius 3 is 2.83 bits per heavy atom. The summed E-state index contributed by atoms with van der Waals surface area (Å²) in [7, 11) is 0. The molecule has 96 valence electrons. The molecule has 0 amide bonds.